The minimum Gasteiger partial charge on any atom is -0.482 e. The van der Waals surface area contributed by atoms with Crippen LogP contribution in [0.4, 0.5) is 5.69 Å². The molecule has 2 N–H and O–H groups in total. The van der Waals surface area contributed by atoms with Crippen LogP contribution in [0.2, 0.25) is 0 Å². The van der Waals surface area contributed by atoms with E-state index in [2.05, 4.69) is 10.6 Å². The largest absolute Gasteiger partial charge is 0.482 e. The summed E-state index contributed by atoms with van der Waals surface area (Å²) in [6, 6.07) is 13.3. The summed E-state index contributed by atoms with van der Waals surface area (Å²) in [6.07, 6.45) is -1.52. The van der Waals surface area contributed by atoms with Crippen molar-refractivity contribution < 1.29 is 28.6 Å². The molecule has 0 fully saturated rings. The van der Waals surface area contributed by atoms with Gasteiger partial charge in [0, 0.05) is 18.3 Å². The molecule has 2 unspecified atom stereocenters. The number of benzene rings is 2. The third-order valence-corrected chi connectivity index (χ3v) is 4.08. The second kappa shape index (κ2) is 8.43. The number of esters is 1. The summed E-state index contributed by atoms with van der Waals surface area (Å²) in [6.45, 7) is 1.22. The fourth-order valence-electron chi connectivity index (χ4n) is 2.64. The molecular formula is C20H20N2O6. The van der Waals surface area contributed by atoms with E-state index in [1.165, 1.54) is 7.05 Å². The van der Waals surface area contributed by atoms with Gasteiger partial charge in [0.25, 0.3) is 11.8 Å². The number of rotatable bonds is 5. The van der Waals surface area contributed by atoms with Gasteiger partial charge < -0.3 is 24.8 Å². The normalized spacial score (nSPS) is 17.4. The lowest BCUT2D eigenvalue weighted by Gasteiger charge is -2.30. The van der Waals surface area contributed by atoms with Gasteiger partial charge in [-0.1, -0.05) is 12.1 Å². The Bertz CT molecular complexity index is 881. The van der Waals surface area contributed by atoms with Crippen molar-refractivity contribution in [2.75, 3.05) is 19.0 Å². The molecule has 1 heterocycles. The highest BCUT2D eigenvalue weighted by atomic mass is 16.6. The number of fused-ring (bicyclic) bond motifs is 1. The number of amides is 2. The fraction of sp³-hybridized carbons (Fsp3) is 0.250. The molecule has 0 aromatic heterocycles. The number of carbonyl (C=O) groups excluding carboxylic acids is 3. The van der Waals surface area contributed by atoms with Crippen LogP contribution in [0.5, 0.6) is 11.5 Å². The first kappa shape index (κ1) is 19.2. The molecule has 2 amide bonds. The second-order valence-corrected chi connectivity index (χ2v) is 6.12. The highest BCUT2D eigenvalue weighted by molar-refractivity contribution is 5.96. The highest BCUT2D eigenvalue weighted by Gasteiger charge is 2.35. The zero-order chi connectivity index (χ0) is 20.1. The molecule has 8 heteroatoms. The quantitative estimate of drug-likeness (QED) is 0.762. The van der Waals surface area contributed by atoms with Crippen LogP contribution in [-0.2, 0) is 14.3 Å². The zero-order valence-corrected chi connectivity index (χ0v) is 15.4. The Hall–Kier alpha value is -3.55. The van der Waals surface area contributed by atoms with Crippen LogP contribution in [-0.4, -0.2) is 43.6 Å². The molecule has 2 aromatic carbocycles. The average Bonchev–Trinajstić information content (AvgIpc) is 2.71. The Labute approximate surface area is 161 Å². The summed E-state index contributed by atoms with van der Waals surface area (Å²) in [5.41, 5.74) is 0.948. The Morgan fingerprint density at radius 2 is 1.64 bits per heavy atom. The molecule has 1 aliphatic heterocycles. The molecular weight excluding hydrogens is 364 g/mol. The van der Waals surface area contributed by atoms with E-state index >= 15 is 0 Å². The van der Waals surface area contributed by atoms with Crippen molar-refractivity contribution >= 4 is 23.5 Å². The molecule has 0 aliphatic carbocycles. The standard InChI is InChI=1S/C20H20N2O6/c1-12-18(28-16-6-4-3-5-15(16)27-12)20(25)26-11-17(23)22-14-9-7-13(8-10-14)19(24)21-2/h3-10,12,18H,11H2,1-2H3,(H,21,24)(H,22,23). The van der Waals surface area contributed by atoms with E-state index in [1.807, 2.05) is 0 Å². The molecule has 2 aromatic rings. The van der Waals surface area contributed by atoms with Crippen molar-refractivity contribution in [3.63, 3.8) is 0 Å². The van der Waals surface area contributed by atoms with Crippen LogP contribution in [0.15, 0.2) is 48.5 Å². The summed E-state index contributed by atoms with van der Waals surface area (Å²) in [4.78, 5) is 35.8. The molecule has 3 rings (SSSR count). The number of hydrogen-bond acceptors (Lipinski definition) is 6. The third kappa shape index (κ3) is 4.40. The monoisotopic (exact) mass is 384 g/mol. The summed E-state index contributed by atoms with van der Waals surface area (Å²) < 4.78 is 16.3. The van der Waals surface area contributed by atoms with Crippen molar-refractivity contribution in [1.29, 1.82) is 0 Å². The van der Waals surface area contributed by atoms with Gasteiger partial charge in [-0.15, -0.1) is 0 Å². The maximum atomic E-state index is 12.3. The molecule has 8 nitrogen and oxygen atoms in total. The first-order chi connectivity index (χ1) is 13.5. The van der Waals surface area contributed by atoms with Gasteiger partial charge in [0.05, 0.1) is 0 Å². The molecule has 0 bridgehead atoms. The van der Waals surface area contributed by atoms with Crippen molar-refractivity contribution in [3.05, 3.63) is 54.1 Å². The third-order valence-electron chi connectivity index (χ3n) is 4.08. The lowest BCUT2D eigenvalue weighted by molar-refractivity contribution is -0.159. The minimum atomic E-state index is -0.963. The van der Waals surface area contributed by atoms with E-state index in [4.69, 9.17) is 14.2 Å². The smallest absolute Gasteiger partial charge is 0.351 e. The molecule has 0 saturated heterocycles. The number of ether oxygens (including phenoxy) is 3. The van der Waals surface area contributed by atoms with E-state index < -0.39 is 30.7 Å². The lowest BCUT2D eigenvalue weighted by Crippen LogP contribution is -2.45. The Balaban J connectivity index is 1.52. The second-order valence-electron chi connectivity index (χ2n) is 6.12. The van der Waals surface area contributed by atoms with Crippen LogP contribution in [0.25, 0.3) is 0 Å². The summed E-state index contributed by atoms with van der Waals surface area (Å²) in [5, 5.41) is 5.10. The van der Waals surface area contributed by atoms with Crippen molar-refractivity contribution in [2.45, 2.75) is 19.1 Å². The summed E-state index contributed by atoms with van der Waals surface area (Å²) in [5.74, 6) is -0.421. The summed E-state index contributed by atoms with van der Waals surface area (Å²) >= 11 is 0. The van der Waals surface area contributed by atoms with E-state index in [9.17, 15) is 14.4 Å². The topological polar surface area (TPSA) is 103 Å². The van der Waals surface area contributed by atoms with Gasteiger partial charge in [-0.3, -0.25) is 9.59 Å². The number of nitrogens with one attached hydrogen (secondary N) is 2. The van der Waals surface area contributed by atoms with Crippen LogP contribution in [0.1, 0.15) is 17.3 Å². The maximum absolute atomic E-state index is 12.3. The van der Waals surface area contributed by atoms with E-state index in [0.29, 0.717) is 22.7 Å². The molecule has 0 saturated carbocycles. The number of hydrogen-bond donors (Lipinski definition) is 2. The SMILES string of the molecule is CNC(=O)c1ccc(NC(=O)COC(=O)C2Oc3ccccc3OC2C)cc1. The van der Waals surface area contributed by atoms with Gasteiger partial charge in [0.1, 0.15) is 6.10 Å². The van der Waals surface area contributed by atoms with Crippen molar-refractivity contribution in [2.24, 2.45) is 0 Å². The molecule has 0 radical (unpaired) electrons. The molecule has 2 atom stereocenters. The van der Waals surface area contributed by atoms with Crippen LogP contribution in [0.3, 0.4) is 0 Å². The summed E-state index contributed by atoms with van der Waals surface area (Å²) in [7, 11) is 1.53. The number of para-hydroxylation sites is 2. The van der Waals surface area contributed by atoms with Gasteiger partial charge in [-0.2, -0.15) is 0 Å². The van der Waals surface area contributed by atoms with Crippen LogP contribution < -0.4 is 20.1 Å². The lowest BCUT2D eigenvalue weighted by atomic mass is 10.2. The van der Waals surface area contributed by atoms with Crippen molar-refractivity contribution in [1.82, 2.24) is 5.32 Å². The molecule has 1 aliphatic rings. The highest BCUT2D eigenvalue weighted by Crippen LogP contribution is 2.33. The Morgan fingerprint density at radius 1 is 1.00 bits per heavy atom. The molecule has 28 heavy (non-hydrogen) atoms. The van der Waals surface area contributed by atoms with Gasteiger partial charge in [-0.05, 0) is 43.3 Å². The number of carbonyl (C=O) groups is 3. The predicted octanol–water partition coefficient (Wildman–Crippen LogP) is 1.76. The van der Waals surface area contributed by atoms with Crippen LogP contribution in [0, 0.1) is 0 Å². The fourth-order valence-corrected chi connectivity index (χ4v) is 2.64. The van der Waals surface area contributed by atoms with Gasteiger partial charge >= 0.3 is 5.97 Å². The van der Waals surface area contributed by atoms with E-state index in [0.717, 1.165) is 0 Å². The van der Waals surface area contributed by atoms with Gasteiger partial charge in [0.15, 0.2) is 18.1 Å². The first-order valence-electron chi connectivity index (χ1n) is 8.69. The Kier molecular flexibility index (Phi) is 5.78. The molecule has 0 spiro atoms. The van der Waals surface area contributed by atoms with Crippen molar-refractivity contribution in [3.8, 4) is 11.5 Å². The Morgan fingerprint density at radius 3 is 2.29 bits per heavy atom. The van der Waals surface area contributed by atoms with Crippen LogP contribution >= 0.6 is 0 Å². The number of anilines is 1. The first-order valence-corrected chi connectivity index (χ1v) is 8.69. The zero-order valence-electron chi connectivity index (χ0n) is 15.4. The average molecular weight is 384 g/mol. The van der Waals surface area contributed by atoms with Gasteiger partial charge in [0.2, 0.25) is 6.10 Å². The van der Waals surface area contributed by atoms with E-state index in [1.54, 1.807) is 55.5 Å². The van der Waals surface area contributed by atoms with E-state index in [-0.39, 0.29) is 5.91 Å². The minimum absolute atomic E-state index is 0.225. The van der Waals surface area contributed by atoms with Gasteiger partial charge in [-0.25, -0.2) is 4.79 Å². The molecule has 146 valence electrons. The predicted molar refractivity (Wildman–Crippen MR) is 100 cm³/mol. The maximum Gasteiger partial charge on any atom is 0.351 e.